The molecule has 0 aliphatic carbocycles. The molecule has 2 amide bonds. The van der Waals surface area contributed by atoms with Crippen LogP contribution < -0.4 is 11.1 Å². The van der Waals surface area contributed by atoms with Gasteiger partial charge in [-0.3, -0.25) is 0 Å². The molecule has 43 heavy (non-hydrogen) atoms. The van der Waals surface area contributed by atoms with Crippen molar-refractivity contribution in [2.24, 2.45) is 5.73 Å². The van der Waals surface area contributed by atoms with Crippen LogP contribution in [0.25, 0.3) is 10.1 Å². The number of aliphatic hydroxyl groups excluding tert-OH is 8. The molecule has 0 bridgehead atoms. The summed E-state index contributed by atoms with van der Waals surface area (Å²) in [6, 6.07) is 14.7. The highest BCUT2D eigenvalue weighted by Crippen LogP contribution is 2.37. The second-order valence-corrected chi connectivity index (χ2v) is 11.8. The van der Waals surface area contributed by atoms with Gasteiger partial charge in [-0.15, -0.1) is 11.3 Å². The van der Waals surface area contributed by atoms with Gasteiger partial charge in [0.05, 0.1) is 19.3 Å². The van der Waals surface area contributed by atoms with Crippen molar-refractivity contribution in [1.82, 2.24) is 0 Å². The van der Waals surface area contributed by atoms with Gasteiger partial charge < -0.3 is 61.4 Å². The lowest BCUT2D eigenvalue weighted by Crippen LogP contribution is -2.57. The lowest BCUT2D eigenvalue weighted by Gasteiger charge is -2.40. The number of rotatable bonds is 6. The average Bonchev–Trinajstić information content (AvgIpc) is 3.40. The molecule has 10 atom stereocenters. The zero-order chi connectivity index (χ0) is 31.4. The van der Waals surface area contributed by atoms with Crippen LogP contribution in [-0.2, 0) is 15.9 Å². The van der Waals surface area contributed by atoms with E-state index in [0.717, 1.165) is 15.8 Å². The number of ether oxygens (including phenoxy) is 2. The highest BCUT2D eigenvalue weighted by Gasteiger charge is 2.45. The summed E-state index contributed by atoms with van der Waals surface area (Å²) >= 11 is 1.68. The molecule has 13 nitrogen and oxygen atoms in total. The van der Waals surface area contributed by atoms with E-state index in [4.69, 9.17) is 20.3 Å². The normalized spacial score (nSPS) is 32.6. The molecule has 0 radical (unpaired) electrons. The fourth-order valence-electron chi connectivity index (χ4n) is 5.18. The quantitative estimate of drug-likeness (QED) is 0.166. The molecule has 2 fully saturated rings. The minimum Gasteiger partial charge on any atom is -0.394 e. The van der Waals surface area contributed by atoms with Crippen LogP contribution in [0.1, 0.15) is 29.0 Å². The van der Waals surface area contributed by atoms with Crippen LogP contribution in [0.3, 0.4) is 0 Å². The molecule has 0 spiro atoms. The van der Waals surface area contributed by atoms with Crippen molar-refractivity contribution < 1.29 is 55.1 Å². The maximum absolute atomic E-state index is 11.5. The van der Waals surface area contributed by atoms with Gasteiger partial charge in [-0.25, -0.2) is 4.79 Å². The maximum atomic E-state index is 11.5. The van der Waals surface area contributed by atoms with Gasteiger partial charge in [-0.1, -0.05) is 30.3 Å². The molecular weight excluding hydrogens is 584 g/mol. The Morgan fingerprint density at radius 2 is 1.47 bits per heavy atom. The zero-order valence-electron chi connectivity index (χ0n) is 23.3. The number of aliphatic hydroxyl groups is 8. The summed E-state index contributed by atoms with van der Waals surface area (Å²) in [5.74, 6) is 0. The maximum Gasteiger partial charge on any atom is 0.316 e. The van der Waals surface area contributed by atoms with Crippen molar-refractivity contribution in [1.29, 1.82) is 0 Å². The predicted octanol–water partition coefficient (Wildman–Crippen LogP) is -0.654. The first-order chi connectivity index (χ1) is 20.4. The number of anilines is 1. The van der Waals surface area contributed by atoms with E-state index < -0.39 is 73.7 Å². The third-order valence-corrected chi connectivity index (χ3v) is 8.67. The van der Waals surface area contributed by atoms with Crippen LogP contribution in [0.15, 0.2) is 48.5 Å². The predicted molar refractivity (Wildman–Crippen MR) is 156 cm³/mol. The second-order valence-electron chi connectivity index (χ2n) is 10.6. The van der Waals surface area contributed by atoms with Gasteiger partial charge in [0.25, 0.3) is 0 Å². The Bertz CT molecular complexity index is 1330. The van der Waals surface area contributed by atoms with Crippen molar-refractivity contribution in [3.8, 4) is 0 Å². The van der Waals surface area contributed by atoms with Gasteiger partial charge in [0.15, 0.2) is 0 Å². The van der Waals surface area contributed by atoms with Crippen LogP contribution in [-0.4, -0.2) is 115 Å². The minimum atomic E-state index is -1.52. The second kappa shape index (κ2) is 14.4. The Morgan fingerprint density at radius 3 is 2.09 bits per heavy atom. The first-order valence-electron chi connectivity index (χ1n) is 13.7. The molecule has 5 rings (SSSR count). The molecule has 2 aromatic carbocycles. The van der Waals surface area contributed by atoms with Crippen molar-refractivity contribution in [3.63, 3.8) is 0 Å². The van der Waals surface area contributed by atoms with E-state index in [1.54, 1.807) is 30.4 Å². The summed E-state index contributed by atoms with van der Waals surface area (Å²) in [5, 5.41) is 80.3. The van der Waals surface area contributed by atoms with Crippen molar-refractivity contribution in [2.45, 2.75) is 74.4 Å². The topological polar surface area (TPSA) is 235 Å². The van der Waals surface area contributed by atoms with Gasteiger partial charge >= 0.3 is 6.03 Å². The first-order valence-corrected chi connectivity index (χ1v) is 14.5. The third kappa shape index (κ3) is 7.50. The van der Waals surface area contributed by atoms with E-state index in [2.05, 4.69) is 23.5 Å². The van der Waals surface area contributed by atoms with Crippen LogP contribution in [0, 0.1) is 0 Å². The summed E-state index contributed by atoms with van der Waals surface area (Å²) in [5.41, 5.74) is 6.89. The zero-order valence-corrected chi connectivity index (χ0v) is 24.1. The number of urea groups is 1. The molecule has 11 N–H and O–H groups in total. The van der Waals surface area contributed by atoms with E-state index >= 15 is 0 Å². The average molecular weight is 623 g/mol. The fraction of sp³-hybridized carbons (Fsp3) is 0.483. The number of carbonyl (C=O) groups is 1. The van der Waals surface area contributed by atoms with Crippen LogP contribution >= 0.6 is 11.3 Å². The van der Waals surface area contributed by atoms with Crippen molar-refractivity contribution in [3.05, 3.63) is 64.5 Å². The minimum absolute atomic E-state index is 0.317. The van der Waals surface area contributed by atoms with E-state index in [9.17, 15) is 40.5 Å². The van der Waals surface area contributed by atoms with E-state index in [1.807, 2.05) is 18.2 Å². The molecule has 236 valence electrons. The standard InChI is InChI=1S/C22H24N2O6S.C7H14O5/c23-22(29)24-15-6-5-11(7-13-9-12-3-1-2-4-17(12)31-13)8-14(15)21-20(28)19(27)18(26)16(10-25)30-21;1-3-5(9)7(11)6(10)4(2-8)12-3/h1-6,8-9,16,18-21,25-28H,7,10H2,(H3,23,24,29);3-11H,2H2,1H3/t16-,18-,19+,20-,21+;3-,4+,5-,6+,7+/m10/s1. The number of hydrogen-bond acceptors (Lipinski definition) is 12. The fourth-order valence-corrected chi connectivity index (χ4v) is 6.27. The molecule has 2 aliphatic rings. The van der Waals surface area contributed by atoms with Gasteiger partial charge in [-0.2, -0.15) is 0 Å². The highest BCUT2D eigenvalue weighted by atomic mass is 32.1. The number of benzene rings is 2. The van der Waals surface area contributed by atoms with Gasteiger partial charge in [0.1, 0.15) is 54.9 Å². The van der Waals surface area contributed by atoms with Gasteiger partial charge in [-0.05, 0) is 36.1 Å². The Morgan fingerprint density at radius 1 is 0.837 bits per heavy atom. The molecule has 0 saturated carbocycles. The highest BCUT2D eigenvalue weighted by molar-refractivity contribution is 7.19. The third-order valence-electron chi connectivity index (χ3n) is 7.56. The number of amides is 2. The molecule has 2 saturated heterocycles. The van der Waals surface area contributed by atoms with E-state index in [0.29, 0.717) is 17.7 Å². The summed E-state index contributed by atoms with van der Waals surface area (Å²) in [4.78, 5) is 12.6. The number of fused-ring (bicyclic) bond motifs is 1. The van der Waals surface area contributed by atoms with E-state index in [1.165, 1.54) is 4.70 Å². The number of carbonyl (C=O) groups excluding carboxylic acids is 1. The summed E-state index contributed by atoms with van der Waals surface area (Å²) < 4.78 is 11.9. The molecule has 3 aromatic rings. The first kappa shape index (κ1) is 33.2. The van der Waals surface area contributed by atoms with Crippen molar-refractivity contribution in [2.75, 3.05) is 18.5 Å². The van der Waals surface area contributed by atoms with Gasteiger partial charge in [0.2, 0.25) is 0 Å². The Labute approximate surface area is 251 Å². The summed E-state index contributed by atoms with van der Waals surface area (Å²) in [6.45, 7) is 0.666. The van der Waals surface area contributed by atoms with Gasteiger partial charge in [0, 0.05) is 27.2 Å². The Kier molecular flexibility index (Phi) is 11.1. The summed E-state index contributed by atoms with van der Waals surface area (Å²) in [6.07, 6.45) is -10.9. The molecular formula is C29H38N2O11S. The van der Waals surface area contributed by atoms with E-state index in [-0.39, 0.29) is 6.61 Å². The van der Waals surface area contributed by atoms with Crippen LogP contribution in [0.4, 0.5) is 10.5 Å². The number of nitrogens with two attached hydrogens (primary N) is 1. The van der Waals surface area contributed by atoms with Crippen LogP contribution in [0.2, 0.25) is 0 Å². The molecule has 2 aliphatic heterocycles. The smallest absolute Gasteiger partial charge is 0.316 e. The molecule has 0 unspecified atom stereocenters. The lowest BCUT2D eigenvalue weighted by molar-refractivity contribution is -0.231. The monoisotopic (exact) mass is 622 g/mol. The van der Waals surface area contributed by atoms with Crippen molar-refractivity contribution >= 4 is 33.1 Å². The molecule has 1 aromatic heterocycles. The number of hydrogen-bond donors (Lipinski definition) is 10. The largest absolute Gasteiger partial charge is 0.394 e. The summed E-state index contributed by atoms with van der Waals surface area (Å²) in [7, 11) is 0. The molecule has 14 heteroatoms. The number of thiophene rings is 1. The Balaban J connectivity index is 0.000000296. The van der Waals surface area contributed by atoms with Crippen LogP contribution in [0.5, 0.6) is 0 Å². The SMILES string of the molecule is C[C@@H]1O[C@H](CO)[C@@H](O)[C@H](O)[C@H]1O.NC(=O)Nc1ccc(Cc2cc3ccccc3s2)cc1[C@@H]1O[C@H](CO)[C@@H](O)[C@H](O)[C@H]1O. The number of nitrogens with one attached hydrogen (secondary N) is 1. The molecule has 3 heterocycles. The Hall–Kier alpha value is -2.73. The lowest BCUT2D eigenvalue weighted by atomic mass is 9.89. The number of primary amides is 1.